The van der Waals surface area contributed by atoms with Crippen molar-refractivity contribution in [3.8, 4) is 0 Å². The van der Waals surface area contributed by atoms with E-state index in [4.69, 9.17) is 16.0 Å². The van der Waals surface area contributed by atoms with E-state index in [0.29, 0.717) is 29.4 Å². The first-order chi connectivity index (χ1) is 13.6. The van der Waals surface area contributed by atoms with E-state index in [1.165, 1.54) is 5.56 Å². The van der Waals surface area contributed by atoms with Crippen molar-refractivity contribution in [3.05, 3.63) is 94.3 Å². The van der Waals surface area contributed by atoms with Crippen molar-refractivity contribution in [2.75, 3.05) is 6.54 Å². The summed E-state index contributed by atoms with van der Waals surface area (Å²) in [6.45, 7) is 2.98. The number of benzene rings is 2. The Morgan fingerprint density at radius 2 is 1.82 bits per heavy atom. The lowest BCUT2D eigenvalue weighted by Crippen LogP contribution is -2.28. The van der Waals surface area contributed by atoms with E-state index in [1.54, 1.807) is 6.07 Å². The van der Waals surface area contributed by atoms with Crippen molar-refractivity contribution < 1.29 is 9.21 Å². The van der Waals surface area contributed by atoms with E-state index in [9.17, 15) is 4.79 Å². The van der Waals surface area contributed by atoms with Gasteiger partial charge in [0.05, 0.1) is 5.52 Å². The van der Waals surface area contributed by atoms with E-state index >= 15 is 0 Å². The zero-order valence-electron chi connectivity index (χ0n) is 15.6. The number of carbonyl (C=O) groups excluding carboxylic acids is 1. The van der Waals surface area contributed by atoms with Gasteiger partial charge in [-0.25, -0.2) is 0 Å². The molecular formula is C23H21ClN2O2. The Hall–Kier alpha value is -2.98. The largest absolute Gasteiger partial charge is 0.460 e. The summed E-state index contributed by atoms with van der Waals surface area (Å²) in [5.74, 6) is 0.695. The predicted molar refractivity (Wildman–Crippen MR) is 112 cm³/mol. The lowest BCUT2D eigenvalue weighted by atomic mass is 10.1. The molecule has 2 heterocycles. The predicted octanol–water partition coefficient (Wildman–Crippen LogP) is 5.22. The second-order valence-corrected chi connectivity index (χ2v) is 7.21. The molecule has 4 aromatic rings. The average Bonchev–Trinajstić information content (AvgIpc) is 3.21. The van der Waals surface area contributed by atoms with Crippen molar-refractivity contribution in [2.45, 2.75) is 19.9 Å². The van der Waals surface area contributed by atoms with Crippen LogP contribution in [-0.2, 0) is 13.0 Å². The third-order valence-corrected chi connectivity index (χ3v) is 5.14. The molecule has 0 saturated carbocycles. The van der Waals surface area contributed by atoms with Gasteiger partial charge < -0.3 is 14.3 Å². The molecule has 1 N–H and O–H groups in total. The molecule has 28 heavy (non-hydrogen) atoms. The van der Waals surface area contributed by atoms with Crippen molar-refractivity contribution in [1.29, 1.82) is 0 Å². The standard InChI is InChI=1S/C23H21ClN2O2/c1-16-13-20-22(28-16)14-21(26(20)15-18-9-5-6-10-19(18)24)23(27)25-12-11-17-7-3-2-4-8-17/h2-10,13-14H,11-12,15H2,1H3,(H,25,27). The van der Waals surface area contributed by atoms with Crippen LogP contribution in [0.2, 0.25) is 5.02 Å². The molecule has 0 unspecified atom stereocenters. The summed E-state index contributed by atoms with van der Waals surface area (Å²) in [5.41, 5.74) is 4.32. The molecule has 0 radical (unpaired) electrons. The number of aryl methyl sites for hydroxylation is 1. The van der Waals surface area contributed by atoms with Crippen LogP contribution in [0, 0.1) is 6.92 Å². The summed E-state index contributed by atoms with van der Waals surface area (Å²) in [6, 6.07) is 21.5. The molecule has 5 heteroatoms. The monoisotopic (exact) mass is 392 g/mol. The highest BCUT2D eigenvalue weighted by Crippen LogP contribution is 2.26. The number of carbonyl (C=O) groups is 1. The summed E-state index contributed by atoms with van der Waals surface area (Å²) in [4.78, 5) is 12.9. The first kappa shape index (κ1) is 18.4. The highest BCUT2D eigenvalue weighted by atomic mass is 35.5. The van der Waals surface area contributed by atoms with Gasteiger partial charge in [0, 0.05) is 30.2 Å². The average molecular weight is 393 g/mol. The van der Waals surface area contributed by atoms with Crippen molar-refractivity contribution in [2.24, 2.45) is 0 Å². The molecule has 0 aliphatic heterocycles. The normalized spacial score (nSPS) is 11.1. The van der Waals surface area contributed by atoms with Gasteiger partial charge in [-0.3, -0.25) is 4.79 Å². The highest BCUT2D eigenvalue weighted by Gasteiger charge is 2.19. The summed E-state index contributed by atoms with van der Waals surface area (Å²) >= 11 is 6.34. The maximum Gasteiger partial charge on any atom is 0.268 e. The van der Waals surface area contributed by atoms with E-state index in [2.05, 4.69) is 17.4 Å². The molecule has 0 fully saturated rings. The van der Waals surface area contributed by atoms with Gasteiger partial charge in [-0.05, 0) is 30.5 Å². The zero-order valence-corrected chi connectivity index (χ0v) is 16.4. The van der Waals surface area contributed by atoms with Crippen LogP contribution in [0.1, 0.15) is 27.4 Å². The van der Waals surface area contributed by atoms with Gasteiger partial charge in [0.1, 0.15) is 11.5 Å². The lowest BCUT2D eigenvalue weighted by molar-refractivity contribution is 0.0945. The fourth-order valence-electron chi connectivity index (χ4n) is 3.38. The summed E-state index contributed by atoms with van der Waals surface area (Å²) in [6.07, 6.45) is 0.785. The van der Waals surface area contributed by atoms with Crippen LogP contribution in [0.4, 0.5) is 0 Å². The lowest BCUT2D eigenvalue weighted by Gasteiger charge is -2.12. The fourth-order valence-corrected chi connectivity index (χ4v) is 3.57. The number of hydrogen-bond donors (Lipinski definition) is 1. The highest BCUT2D eigenvalue weighted by molar-refractivity contribution is 6.31. The van der Waals surface area contributed by atoms with Gasteiger partial charge in [-0.15, -0.1) is 0 Å². The van der Waals surface area contributed by atoms with E-state index < -0.39 is 0 Å². The molecule has 0 atom stereocenters. The smallest absolute Gasteiger partial charge is 0.268 e. The molecule has 1 amide bonds. The third-order valence-electron chi connectivity index (χ3n) is 4.77. The van der Waals surface area contributed by atoms with Crippen molar-refractivity contribution in [3.63, 3.8) is 0 Å². The minimum atomic E-state index is -0.118. The fraction of sp³-hybridized carbons (Fsp3) is 0.174. The molecule has 4 nitrogen and oxygen atoms in total. The third kappa shape index (κ3) is 3.82. The number of nitrogens with one attached hydrogen (secondary N) is 1. The SMILES string of the molecule is Cc1cc2c(cc(C(=O)NCCc3ccccc3)n2Cc2ccccc2Cl)o1. The molecule has 4 rings (SSSR count). The summed E-state index contributed by atoms with van der Waals surface area (Å²) < 4.78 is 7.71. The van der Waals surface area contributed by atoms with Gasteiger partial charge in [0.2, 0.25) is 0 Å². The number of halogens is 1. The van der Waals surface area contributed by atoms with Gasteiger partial charge in [0.15, 0.2) is 5.58 Å². The molecule has 2 aromatic carbocycles. The van der Waals surface area contributed by atoms with E-state index in [1.807, 2.05) is 60.0 Å². The number of amides is 1. The first-order valence-electron chi connectivity index (χ1n) is 9.27. The van der Waals surface area contributed by atoms with Crippen LogP contribution in [0.5, 0.6) is 0 Å². The molecule has 142 valence electrons. The van der Waals surface area contributed by atoms with Crippen molar-refractivity contribution >= 4 is 28.6 Å². The topological polar surface area (TPSA) is 47.2 Å². The number of aromatic nitrogens is 1. The number of fused-ring (bicyclic) bond motifs is 1. The van der Waals surface area contributed by atoms with Gasteiger partial charge >= 0.3 is 0 Å². The van der Waals surface area contributed by atoms with Gasteiger partial charge in [0.25, 0.3) is 5.91 Å². The van der Waals surface area contributed by atoms with Crippen LogP contribution in [0.25, 0.3) is 11.1 Å². The van der Waals surface area contributed by atoms with Crippen LogP contribution < -0.4 is 5.32 Å². The molecule has 2 aromatic heterocycles. The maximum absolute atomic E-state index is 12.9. The maximum atomic E-state index is 12.9. The quantitative estimate of drug-likeness (QED) is 0.489. The molecule has 0 bridgehead atoms. The summed E-state index contributed by atoms with van der Waals surface area (Å²) in [5, 5.41) is 3.70. The minimum absolute atomic E-state index is 0.118. The van der Waals surface area contributed by atoms with E-state index in [0.717, 1.165) is 23.3 Å². The zero-order chi connectivity index (χ0) is 19.5. The Balaban J connectivity index is 1.58. The Morgan fingerprint density at radius 3 is 2.61 bits per heavy atom. The van der Waals surface area contributed by atoms with Gasteiger partial charge in [-0.2, -0.15) is 0 Å². The molecule has 0 aliphatic rings. The number of rotatable bonds is 6. The first-order valence-corrected chi connectivity index (χ1v) is 9.65. The second-order valence-electron chi connectivity index (χ2n) is 6.81. The van der Waals surface area contributed by atoms with Crippen LogP contribution in [0.3, 0.4) is 0 Å². The van der Waals surface area contributed by atoms with Crippen LogP contribution in [-0.4, -0.2) is 17.0 Å². The van der Waals surface area contributed by atoms with Crippen LogP contribution in [0.15, 0.2) is 71.1 Å². The number of hydrogen-bond acceptors (Lipinski definition) is 2. The Kier molecular flexibility index (Phi) is 5.22. The summed E-state index contributed by atoms with van der Waals surface area (Å²) in [7, 11) is 0. The molecule has 0 spiro atoms. The molecular weight excluding hydrogens is 372 g/mol. The number of nitrogens with zero attached hydrogens (tertiary/aromatic N) is 1. The molecule has 0 aliphatic carbocycles. The minimum Gasteiger partial charge on any atom is -0.460 e. The molecule has 0 saturated heterocycles. The number of furan rings is 1. The Morgan fingerprint density at radius 1 is 1.07 bits per heavy atom. The Labute approximate surface area is 168 Å². The second kappa shape index (κ2) is 7.95. The van der Waals surface area contributed by atoms with Crippen LogP contribution >= 0.6 is 11.6 Å². The van der Waals surface area contributed by atoms with Gasteiger partial charge in [-0.1, -0.05) is 60.1 Å². The van der Waals surface area contributed by atoms with Crippen molar-refractivity contribution in [1.82, 2.24) is 9.88 Å². The van der Waals surface area contributed by atoms with E-state index in [-0.39, 0.29) is 5.91 Å². The Bertz CT molecular complexity index is 1110.